The molecule has 2 atom stereocenters. The van der Waals surface area contributed by atoms with Crippen LogP contribution in [0.4, 0.5) is 0 Å². The lowest BCUT2D eigenvalue weighted by molar-refractivity contribution is -0.137. The first-order chi connectivity index (χ1) is 20.7. The summed E-state index contributed by atoms with van der Waals surface area (Å²) in [6, 6.07) is 20.9. The zero-order valence-electron chi connectivity index (χ0n) is 24.5. The van der Waals surface area contributed by atoms with Gasteiger partial charge in [-0.15, -0.1) is 0 Å². The molecule has 0 spiro atoms. The van der Waals surface area contributed by atoms with E-state index in [4.69, 9.17) is 23.1 Å². The van der Waals surface area contributed by atoms with E-state index in [1.165, 1.54) is 6.07 Å². The van der Waals surface area contributed by atoms with Crippen LogP contribution in [0.3, 0.4) is 0 Å². The Labute approximate surface area is 250 Å². The number of ketones is 1. The van der Waals surface area contributed by atoms with Gasteiger partial charge in [0, 0.05) is 24.0 Å². The van der Waals surface area contributed by atoms with Crippen LogP contribution in [0.15, 0.2) is 75.8 Å². The molecule has 0 radical (unpaired) electrons. The lowest BCUT2D eigenvalue weighted by Crippen LogP contribution is -2.31. The lowest BCUT2D eigenvalue weighted by Gasteiger charge is -2.17. The Balaban J connectivity index is 1.41. The van der Waals surface area contributed by atoms with E-state index in [0.717, 1.165) is 11.0 Å². The van der Waals surface area contributed by atoms with E-state index < -0.39 is 30.5 Å². The average molecular weight is 586 g/mol. The molecule has 1 aliphatic rings. The summed E-state index contributed by atoms with van der Waals surface area (Å²) >= 11 is 0. The summed E-state index contributed by atoms with van der Waals surface area (Å²) in [6.07, 6.45) is 0.308. The number of aromatic nitrogens is 2. The van der Waals surface area contributed by atoms with Crippen molar-refractivity contribution >= 4 is 24.3 Å². The van der Waals surface area contributed by atoms with Crippen molar-refractivity contribution < 1.29 is 37.8 Å². The number of hydrogen-bond donors (Lipinski definition) is 1. The Morgan fingerprint density at radius 3 is 2.47 bits per heavy atom. The molecule has 0 amide bonds. The number of nitrogens with zero attached hydrogens (tertiary/aromatic N) is 2. The van der Waals surface area contributed by atoms with Gasteiger partial charge in [0.25, 0.3) is 0 Å². The summed E-state index contributed by atoms with van der Waals surface area (Å²) in [4.78, 5) is 24.8. The zero-order chi connectivity index (χ0) is 30.4. The van der Waals surface area contributed by atoms with Crippen LogP contribution >= 0.6 is 0 Å². The highest BCUT2D eigenvalue weighted by molar-refractivity contribution is 6.61. The van der Waals surface area contributed by atoms with Gasteiger partial charge in [-0.05, 0) is 23.9 Å². The molecular weight excluding hydrogens is 551 g/mol. The number of carbonyl (C=O) groups excluding carboxylic acids is 1. The highest BCUT2D eigenvalue weighted by Gasteiger charge is 2.40. The number of ether oxygens (including phenoxy) is 1. The predicted octanol–water partition coefficient (Wildman–Crippen LogP) is 5.60. The molecule has 224 valence electrons. The first-order valence-electron chi connectivity index (χ1n) is 14.4. The van der Waals surface area contributed by atoms with Gasteiger partial charge in [0.2, 0.25) is 11.5 Å². The minimum absolute atomic E-state index is 0.0924. The first kappa shape index (κ1) is 30.4. The second kappa shape index (κ2) is 13.5. The summed E-state index contributed by atoms with van der Waals surface area (Å²) < 4.78 is 29.4. The molecule has 1 N–H and O–H groups in total. The molecule has 1 saturated heterocycles. The van der Waals surface area contributed by atoms with Crippen molar-refractivity contribution in [3.05, 3.63) is 89.3 Å². The van der Waals surface area contributed by atoms with Crippen LogP contribution in [-0.2, 0) is 25.4 Å². The molecule has 43 heavy (non-hydrogen) atoms. The molecule has 5 rings (SSSR count). The van der Waals surface area contributed by atoms with Crippen LogP contribution in [-0.4, -0.2) is 47.5 Å². The Bertz CT molecular complexity index is 1510. The fraction of sp³-hybridized carbons (Fsp3) is 0.375. The maximum absolute atomic E-state index is 12.8. The van der Waals surface area contributed by atoms with Gasteiger partial charge < -0.3 is 28.2 Å². The molecule has 0 bridgehead atoms. The van der Waals surface area contributed by atoms with E-state index in [9.17, 15) is 14.7 Å². The minimum Gasteiger partial charge on any atom is -0.481 e. The van der Waals surface area contributed by atoms with Crippen LogP contribution in [0, 0.1) is 5.41 Å². The molecule has 0 aliphatic carbocycles. The van der Waals surface area contributed by atoms with Crippen molar-refractivity contribution in [1.29, 1.82) is 0 Å². The number of carboxylic acids is 1. The fourth-order valence-electron chi connectivity index (χ4n) is 5.04. The Kier molecular flexibility index (Phi) is 9.54. The van der Waals surface area contributed by atoms with Gasteiger partial charge in [-0.1, -0.05) is 91.7 Å². The molecule has 10 nitrogen and oxygen atoms in total. The maximum Gasteiger partial charge on any atom is 0.494 e. The van der Waals surface area contributed by atoms with Crippen LogP contribution < -0.4 is 5.46 Å². The molecule has 4 aromatic rings. The van der Waals surface area contributed by atoms with E-state index in [-0.39, 0.29) is 36.0 Å². The zero-order valence-corrected chi connectivity index (χ0v) is 24.5. The first-order valence-corrected chi connectivity index (χ1v) is 14.4. The lowest BCUT2D eigenvalue weighted by atomic mass is 9.79. The summed E-state index contributed by atoms with van der Waals surface area (Å²) in [5, 5.41) is 18.3. The van der Waals surface area contributed by atoms with Crippen LogP contribution in [0.2, 0.25) is 0 Å². The van der Waals surface area contributed by atoms with E-state index in [1.54, 1.807) is 20.8 Å². The molecule has 3 heterocycles. The highest BCUT2D eigenvalue weighted by atomic mass is 16.6. The Morgan fingerprint density at radius 2 is 1.77 bits per heavy atom. The number of hydrogen-bond acceptors (Lipinski definition) is 9. The third-order valence-corrected chi connectivity index (χ3v) is 7.24. The number of aliphatic carboxylic acids is 1. The fourth-order valence-corrected chi connectivity index (χ4v) is 5.04. The number of benzene rings is 2. The third kappa shape index (κ3) is 7.48. The number of Topliss-reactive ketones (excluding diaryl/α,β-unsaturated/α-hetero) is 1. The quantitative estimate of drug-likeness (QED) is 0.120. The Hall–Kier alpha value is -4.06. The van der Waals surface area contributed by atoms with Crippen molar-refractivity contribution in [3.8, 4) is 11.5 Å². The predicted molar refractivity (Wildman–Crippen MR) is 158 cm³/mol. The monoisotopic (exact) mass is 586 g/mol. The van der Waals surface area contributed by atoms with Gasteiger partial charge in [-0.25, -0.2) is 0 Å². The van der Waals surface area contributed by atoms with Crippen LogP contribution in [0.25, 0.3) is 11.5 Å². The van der Waals surface area contributed by atoms with Gasteiger partial charge in [0.15, 0.2) is 11.5 Å². The smallest absolute Gasteiger partial charge is 0.481 e. The van der Waals surface area contributed by atoms with Gasteiger partial charge in [0.1, 0.15) is 0 Å². The molecule has 2 aromatic carbocycles. The third-order valence-electron chi connectivity index (χ3n) is 7.24. The number of rotatable bonds is 13. The molecule has 11 heteroatoms. The molecular formula is C32H35BN2O8. The van der Waals surface area contributed by atoms with Crippen molar-refractivity contribution in [2.24, 2.45) is 5.41 Å². The molecule has 0 saturated carbocycles. The number of carbonyl (C=O) groups is 2. The van der Waals surface area contributed by atoms with E-state index in [0.29, 0.717) is 37.3 Å². The van der Waals surface area contributed by atoms with Crippen molar-refractivity contribution in [2.75, 3.05) is 13.2 Å². The van der Waals surface area contributed by atoms with Crippen LogP contribution in [0.5, 0.6) is 0 Å². The largest absolute Gasteiger partial charge is 0.494 e. The van der Waals surface area contributed by atoms with Crippen molar-refractivity contribution in [1.82, 2.24) is 10.3 Å². The highest BCUT2D eigenvalue weighted by Crippen LogP contribution is 2.41. The summed E-state index contributed by atoms with van der Waals surface area (Å²) in [5.74, 6) is -1.32. The van der Waals surface area contributed by atoms with E-state index in [1.807, 2.05) is 60.7 Å². The molecule has 2 aromatic heterocycles. The molecule has 1 fully saturated rings. The van der Waals surface area contributed by atoms with Crippen LogP contribution in [0.1, 0.15) is 79.4 Å². The maximum atomic E-state index is 12.8. The second-order valence-corrected chi connectivity index (χ2v) is 11.6. The summed E-state index contributed by atoms with van der Waals surface area (Å²) in [5.41, 5.74) is 2.51. The van der Waals surface area contributed by atoms with Crippen molar-refractivity contribution in [3.63, 3.8) is 0 Å². The summed E-state index contributed by atoms with van der Waals surface area (Å²) in [6.45, 7) is 6.49. The van der Waals surface area contributed by atoms with Crippen molar-refractivity contribution in [2.45, 2.75) is 58.7 Å². The van der Waals surface area contributed by atoms with Gasteiger partial charge in [-0.2, -0.15) is 0 Å². The minimum atomic E-state index is -0.962. The number of carboxylic acid groups (broad SMARTS) is 1. The van der Waals surface area contributed by atoms with E-state index in [2.05, 4.69) is 10.3 Å². The normalized spacial score (nSPS) is 16.0. The van der Waals surface area contributed by atoms with Gasteiger partial charge in [-0.3, -0.25) is 9.59 Å². The van der Waals surface area contributed by atoms with Gasteiger partial charge >= 0.3 is 13.1 Å². The topological polar surface area (TPSA) is 134 Å². The van der Waals surface area contributed by atoms with E-state index >= 15 is 0 Å². The molecule has 1 unspecified atom stereocenters. The van der Waals surface area contributed by atoms with Gasteiger partial charge in [0.05, 0.1) is 37.0 Å². The Morgan fingerprint density at radius 1 is 1.05 bits per heavy atom. The average Bonchev–Trinajstić information content (AvgIpc) is 3.76. The molecule has 1 aliphatic heterocycles. The summed E-state index contributed by atoms with van der Waals surface area (Å²) in [7, 11) is -0.624. The SMILES string of the molecule is CC(C)(C)C(=O)c1cc(-c2onc([C@@H](CCCOCc3ccccc3)CC(=O)O)c2C2COB(c3ccccc3)O2)no1. The standard InChI is InChI=1S/C32H35BN2O8/c1-32(2,3)31(38)25-18-24(34-42-25)30-28(26-20-40-33(41-26)23-14-8-5-9-15-23)29(35-43-30)22(17-27(36)37)13-10-16-39-19-21-11-6-4-7-12-21/h4-9,11-12,14-15,18,22,26H,10,13,16-17,19-20H2,1-3H3,(H,36,37)/t22-,26?/m0/s1. The second-order valence-electron chi connectivity index (χ2n) is 11.6.